The van der Waals surface area contributed by atoms with E-state index < -0.39 is 0 Å². The molecular formula is C7H13N5S. The monoisotopic (exact) mass is 199 g/mol. The lowest BCUT2D eigenvalue weighted by atomic mass is 10.6. The first-order chi connectivity index (χ1) is 6.24. The number of aromatic nitrogens is 3. The summed E-state index contributed by atoms with van der Waals surface area (Å²) < 4.78 is 1.85. The number of hydrogen-bond acceptors (Lipinski definition) is 3. The standard InChI is InChI=1S/C7H13N5S/c1-3-8-7(13)9-4-6-11-10-5-12(6)2/h5H,3-4H2,1-2H3,(H2,8,9,13). The Morgan fingerprint density at radius 1 is 1.62 bits per heavy atom. The topological polar surface area (TPSA) is 54.8 Å². The molecule has 0 saturated heterocycles. The maximum atomic E-state index is 4.99. The molecule has 0 unspecified atom stereocenters. The lowest BCUT2D eigenvalue weighted by molar-refractivity contribution is 0.739. The van der Waals surface area contributed by atoms with Gasteiger partial charge in [0.05, 0.1) is 6.54 Å². The smallest absolute Gasteiger partial charge is 0.166 e. The third-order valence-electron chi connectivity index (χ3n) is 1.55. The second kappa shape index (κ2) is 4.76. The van der Waals surface area contributed by atoms with Crippen LogP contribution in [0.4, 0.5) is 0 Å². The van der Waals surface area contributed by atoms with Crippen molar-refractivity contribution in [3.8, 4) is 0 Å². The highest BCUT2D eigenvalue weighted by molar-refractivity contribution is 7.80. The number of nitrogens with zero attached hydrogens (tertiary/aromatic N) is 3. The molecule has 0 spiro atoms. The van der Waals surface area contributed by atoms with E-state index in [4.69, 9.17) is 12.2 Å². The summed E-state index contributed by atoms with van der Waals surface area (Å²) in [5, 5.41) is 14.3. The zero-order valence-electron chi connectivity index (χ0n) is 7.74. The molecule has 72 valence electrons. The Morgan fingerprint density at radius 3 is 2.92 bits per heavy atom. The Labute approximate surface area is 82.5 Å². The minimum absolute atomic E-state index is 0.600. The molecule has 5 nitrogen and oxygen atoms in total. The van der Waals surface area contributed by atoms with E-state index in [1.807, 2.05) is 18.5 Å². The van der Waals surface area contributed by atoms with Crippen molar-refractivity contribution < 1.29 is 0 Å². The normalized spacial score (nSPS) is 9.69. The first kappa shape index (κ1) is 9.91. The summed E-state index contributed by atoms with van der Waals surface area (Å²) >= 11 is 4.99. The number of thiocarbonyl (C=S) groups is 1. The van der Waals surface area contributed by atoms with Crippen LogP contribution in [0.1, 0.15) is 12.7 Å². The van der Waals surface area contributed by atoms with Crippen molar-refractivity contribution >= 4 is 17.3 Å². The third-order valence-corrected chi connectivity index (χ3v) is 1.84. The first-order valence-corrected chi connectivity index (χ1v) is 4.49. The van der Waals surface area contributed by atoms with E-state index in [2.05, 4.69) is 20.8 Å². The average Bonchev–Trinajstić information content (AvgIpc) is 2.48. The molecule has 0 aliphatic heterocycles. The molecule has 1 aromatic rings. The van der Waals surface area contributed by atoms with Crippen LogP contribution in [0.5, 0.6) is 0 Å². The van der Waals surface area contributed by atoms with Crippen LogP contribution in [0.25, 0.3) is 0 Å². The largest absolute Gasteiger partial charge is 0.363 e. The lowest BCUT2D eigenvalue weighted by Gasteiger charge is -2.07. The summed E-state index contributed by atoms with van der Waals surface area (Å²) in [4.78, 5) is 0. The van der Waals surface area contributed by atoms with E-state index in [1.54, 1.807) is 6.33 Å². The van der Waals surface area contributed by atoms with Gasteiger partial charge >= 0.3 is 0 Å². The van der Waals surface area contributed by atoms with Gasteiger partial charge in [0, 0.05) is 13.6 Å². The predicted molar refractivity (Wildman–Crippen MR) is 54.1 cm³/mol. The van der Waals surface area contributed by atoms with E-state index in [1.165, 1.54) is 0 Å². The molecule has 0 atom stereocenters. The van der Waals surface area contributed by atoms with Crippen LogP contribution in [0.15, 0.2) is 6.33 Å². The van der Waals surface area contributed by atoms with Gasteiger partial charge in [-0.05, 0) is 19.1 Å². The van der Waals surface area contributed by atoms with Crippen molar-refractivity contribution in [1.29, 1.82) is 0 Å². The average molecular weight is 199 g/mol. The maximum Gasteiger partial charge on any atom is 0.166 e. The quantitative estimate of drug-likeness (QED) is 0.660. The number of nitrogens with one attached hydrogen (secondary N) is 2. The van der Waals surface area contributed by atoms with Crippen LogP contribution in [0.2, 0.25) is 0 Å². The summed E-state index contributed by atoms with van der Waals surface area (Å²) in [5.41, 5.74) is 0. The van der Waals surface area contributed by atoms with Crippen molar-refractivity contribution in [2.75, 3.05) is 6.54 Å². The minimum atomic E-state index is 0.600. The summed E-state index contributed by atoms with van der Waals surface area (Å²) in [6.07, 6.45) is 1.66. The van der Waals surface area contributed by atoms with Crippen LogP contribution in [-0.4, -0.2) is 26.4 Å². The van der Waals surface area contributed by atoms with Crippen molar-refractivity contribution in [2.45, 2.75) is 13.5 Å². The molecule has 0 bridgehead atoms. The zero-order valence-corrected chi connectivity index (χ0v) is 8.56. The fourth-order valence-electron chi connectivity index (χ4n) is 0.850. The second-order valence-electron chi connectivity index (χ2n) is 2.57. The zero-order chi connectivity index (χ0) is 9.68. The van der Waals surface area contributed by atoms with Crippen molar-refractivity contribution in [1.82, 2.24) is 25.4 Å². The van der Waals surface area contributed by atoms with Gasteiger partial charge in [-0.25, -0.2) is 0 Å². The number of aryl methyl sites for hydroxylation is 1. The Kier molecular flexibility index (Phi) is 3.63. The molecule has 2 N–H and O–H groups in total. The Balaban J connectivity index is 2.35. The third kappa shape index (κ3) is 2.98. The van der Waals surface area contributed by atoms with E-state index >= 15 is 0 Å². The molecule has 13 heavy (non-hydrogen) atoms. The molecule has 0 radical (unpaired) electrons. The fourth-order valence-corrected chi connectivity index (χ4v) is 1.07. The highest BCUT2D eigenvalue weighted by atomic mass is 32.1. The van der Waals surface area contributed by atoms with Crippen molar-refractivity contribution in [2.24, 2.45) is 7.05 Å². The van der Waals surface area contributed by atoms with Crippen molar-refractivity contribution in [3.05, 3.63) is 12.2 Å². The van der Waals surface area contributed by atoms with Gasteiger partial charge in [-0.3, -0.25) is 0 Å². The van der Waals surface area contributed by atoms with E-state index in [-0.39, 0.29) is 0 Å². The van der Waals surface area contributed by atoms with Gasteiger partial charge < -0.3 is 15.2 Å². The predicted octanol–water partition coefficient (Wildman–Crippen LogP) is -0.201. The molecule has 1 rings (SSSR count). The number of hydrogen-bond donors (Lipinski definition) is 2. The molecule has 0 saturated carbocycles. The minimum Gasteiger partial charge on any atom is -0.363 e. The van der Waals surface area contributed by atoms with E-state index in [0.717, 1.165) is 12.4 Å². The maximum absolute atomic E-state index is 4.99. The van der Waals surface area contributed by atoms with Crippen LogP contribution >= 0.6 is 12.2 Å². The highest BCUT2D eigenvalue weighted by Gasteiger charge is 2.00. The van der Waals surface area contributed by atoms with Crippen LogP contribution in [0, 0.1) is 0 Å². The molecule has 0 fully saturated rings. The molecule has 0 aliphatic carbocycles. The van der Waals surface area contributed by atoms with Gasteiger partial charge in [0.2, 0.25) is 0 Å². The number of rotatable bonds is 3. The first-order valence-electron chi connectivity index (χ1n) is 4.08. The Morgan fingerprint density at radius 2 is 2.38 bits per heavy atom. The molecule has 0 amide bonds. The molecule has 0 aromatic carbocycles. The van der Waals surface area contributed by atoms with Gasteiger partial charge in [0.25, 0.3) is 0 Å². The fraction of sp³-hybridized carbons (Fsp3) is 0.571. The van der Waals surface area contributed by atoms with Gasteiger partial charge in [-0.2, -0.15) is 0 Å². The molecule has 1 aromatic heterocycles. The summed E-state index contributed by atoms with van der Waals surface area (Å²) in [6, 6.07) is 0. The second-order valence-corrected chi connectivity index (χ2v) is 2.98. The molecular weight excluding hydrogens is 186 g/mol. The summed E-state index contributed by atoms with van der Waals surface area (Å²) in [5.74, 6) is 0.861. The Hall–Kier alpha value is -1.17. The van der Waals surface area contributed by atoms with E-state index in [0.29, 0.717) is 11.7 Å². The van der Waals surface area contributed by atoms with Gasteiger partial charge in [-0.1, -0.05) is 0 Å². The highest BCUT2D eigenvalue weighted by Crippen LogP contribution is 1.89. The van der Waals surface area contributed by atoms with Crippen LogP contribution in [0.3, 0.4) is 0 Å². The molecule has 1 heterocycles. The Bertz CT molecular complexity index is 282. The molecule has 0 aliphatic rings. The SMILES string of the molecule is CCNC(=S)NCc1nncn1C. The van der Waals surface area contributed by atoms with Gasteiger partial charge in [0.15, 0.2) is 10.9 Å². The van der Waals surface area contributed by atoms with Crippen LogP contribution < -0.4 is 10.6 Å². The van der Waals surface area contributed by atoms with Gasteiger partial charge in [-0.15, -0.1) is 10.2 Å². The molecule has 6 heteroatoms. The van der Waals surface area contributed by atoms with E-state index in [9.17, 15) is 0 Å². The lowest BCUT2D eigenvalue weighted by Crippen LogP contribution is -2.35. The van der Waals surface area contributed by atoms with Crippen LogP contribution in [-0.2, 0) is 13.6 Å². The van der Waals surface area contributed by atoms with Crippen molar-refractivity contribution in [3.63, 3.8) is 0 Å². The van der Waals surface area contributed by atoms with Gasteiger partial charge in [0.1, 0.15) is 6.33 Å². The summed E-state index contributed by atoms with van der Waals surface area (Å²) in [7, 11) is 1.90. The summed E-state index contributed by atoms with van der Waals surface area (Å²) in [6.45, 7) is 3.42.